The van der Waals surface area contributed by atoms with E-state index in [1.165, 1.54) is 25.7 Å². The van der Waals surface area contributed by atoms with E-state index in [9.17, 15) is 4.79 Å². The van der Waals surface area contributed by atoms with E-state index in [2.05, 4.69) is 11.5 Å². The van der Waals surface area contributed by atoms with E-state index in [-0.39, 0.29) is 5.54 Å². The largest absolute Gasteiger partial charge is 0.297 e. The third-order valence-electron chi connectivity index (χ3n) is 4.12. The van der Waals surface area contributed by atoms with Crippen LogP contribution in [0.25, 0.3) is 0 Å². The summed E-state index contributed by atoms with van der Waals surface area (Å²) in [5, 5.41) is 0. The molecule has 2 heteroatoms. The topological polar surface area (TPSA) is 20.3 Å². The Morgan fingerprint density at radius 3 is 2.25 bits per heavy atom. The molecule has 0 aromatic rings. The van der Waals surface area contributed by atoms with Crippen molar-refractivity contribution in [3.05, 3.63) is 12.2 Å². The highest BCUT2D eigenvalue weighted by molar-refractivity contribution is 5.90. The minimum atomic E-state index is -0.102. The van der Waals surface area contributed by atoms with Crippen molar-refractivity contribution in [1.29, 1.82) is 0 Å². The summed E-state index contributed by atoms with van der Waals surface area (Å²) in [6.45, 7) is 8.10. The number of hydrogen-bond acceptors (Lipinski definition) is 2. The van der Waals surface area contributed by atoms with Gasteiger partial charge in [-0.1, -0.05) is 25.0 Å². The lowest BCUT2D eigenvalue weighted by Crippen LogP contribution is -2.51. The fourth-order valence-corrected chi connectivity index (χ4v) is 3.32. The summed E-state index contributed by atoms with van der Waals surface area (Å²) in [6, 6.07) is 0. The van der Waals surface area contributed by atoms with Gasteiger partial charge in [-0.3, -0.25) is 9.69 Å². The molecule has 16 heavy (non-hydrogen) atoms. The predicted molar refractivity (Wildman–Crippen MR) is 66.4 cm³/mol. The molecule has 0 amide bonds. The number of carbonyl (C=O) groups is 1. The number of nitrogens with zero attached hydrogens (tertiary/aromatic N) is 1. The molecule has 1 heterocycles. The van der Waals surface area contributed by atoms with Gasteiger partial charge in [0.05, 0.1) is 5.54 Å². The Labute approximate surface area is 98.7 Å². The van der Waals surface area contributed by atoms with Gasteiger partial charge >= 0.3 is 0 Å². The van der Waals surface area contributed by atoms with Crippen molar-refractivity contribution >= 4 is 5.78 Å². The van der Waals surface area contributed by atoms with Crippen LogP contribution in [-0.4, -0.2) is 29.3 Å². The van der Waals surface area contributed by atoms with Crippen LogP contribution in [0.2, 0.25) is 0 Å². The van der Waals surface area contributed by atoms with Crippen LogP contribution >= 0.6 is 0 Å². The first kappa shape index (κ1) is 11.8. The number of allylic oxidation sites excluding steroid dienone is 1. The molecule has 0 bridgehead atoms. The van der Waals surface area contributed by atoms with E-state index in [4.69, 9.17) is 0 Å². The Morgan fingerprint density at radius 2 is 1.75 bits per heavy atom. The van der Waals surface area contributed by atoms with Gasteiger partial charge in [-0.25, -0.2) is 0 Å². The van der Waals surface area contributed by atoms with Gasteiger partial charge in [0.1, 0.15) is 0 Å². The summed E-state index contributed by atoms with van der Waals surface area (Å²) >= 11 is 0. The second-order valence-electron chi connectivity index (χ2n) is 5.49. The minimum Gasteiger partial charge on any atom is -0.297 e. The third kappa shape index (κ3) is 2.08. The average molecular weight is 221 g/mol. The Balaban J connectivity index is 2.14. The van der Waals surface area contributed by atoms with Gasteiger partial charge in [0.15, 0.2) is 5.78 Å². The molecule has 2 rings (SSSR count). The molecule has 2 nitrogen and oxygen atoms in total. The average Bonchev–Trinajstić information content (AvgIpc) is 2.88. The molecule has 1 aliphatic carbocycles. The Hall–Kier alpha value is -0.630. The van der Waals surface area contributed by atoms with Gasteiger partial charge in [0.2, 0.25) is 0 Å². The standard InChI is InChI=1S/C14H23NO/c1-12(2)11-13(16)14(7-3-4-8-14)15-9-5-6-10-15/h1,3-11H2,2H3. The first-order valence-electron chi connectivity index (χ1n) is 6.58. The first-order chi connectivity index (χ1) is 7.65. The van der Waals surface area contributed by atoms with E-state index in [1.54, 1.807) is 0 Å². The van der Waals surface area contributed by atoms with Crippen molar-refractivity contribution in [3.63, 3.8) is 0 Å². The molecular formula is C14H23NO. The van der Waals surface area contributed by atoms with E-state index >= 15 is 0 Å². The Morgan fingerprint density at radius 1 is 1.19 bits per heavy atom. The molecule has 1 saturated carbocycles. The maximum absolute atomic E-state index is 12.5. The smallest absolute Gasteiger partial charge is 0.157 e. The number of ketones is 1. The van der Waals surface area contributed by atoms with Crippen molar-refractivity contribution in [2.24, 2.45) is 0 Å². The molecule has 1 aliphatic heterocycles. The van der Waals surface area contributed by atoms with Crippen LogP contribution in [0, 0.1) is 0 Å². The Bertz CT molecular complexity index is 283. The summed E-state index contributed by atoms with van der Waals surface area (Å²) in [4.78, 5) is 14.9. The van der Waals surface area contributed by atoms with Crippen LogP contribution < -0.4 is 0 Å². The van der Waals surface area contributed by atoms with Gasteiger partial charge in [0.25, 0.3) is 0 Å². The van der Waals surface area contributed by atoms with Gasteiger partial charge in [0, 0.05) is 6.42 Å². The molecule has 0 spiro atoms. The molecular weight excluding hydrogens is 198 g/mol. The second kappa shape index (κ2) is 4.70. The zero-order valence-electron chi connectivity index (χ0n) is 10.4. The maximum Gasteiger partial charge on any atom is 0.157 e. The predicted octanol–water partition coefficient (Wildman–Crippen LogP) is 2.93. The Kier molecular flexibility index (Phi) is 3.48. The van der Waals surface area contributed by atoms with Crippen LogP contribution in [0.5, 0.6) is 0 Å². The van der Waals surface area contributed by atoms with Gasteiger partial charge < -0.3 is 0 Å². The highest BCUT2D eigenvalue weighted by Gasteiger charge is 2.45. The van der Waals surface area contributed by atoms with E-state index in [1.807, 2.05) is 6.92 Å². The first-order valence-corrected chi connectivity index (χ1v) is 6.58. The lowest BCUT2D eigenvalue weighted by Gasteiger charge is -2.37. The van der Waals surface area contributed by atoms with Crippen molar-refractivity contribution in [2.45, 2.75) is 57.4 Å². The van der Waals surface area contributed by atoms with E-state index < -0.39 is 0 Å². The molecule has 90 valence electrons. The highest BCUT2D eigenvalue weighted by Crippen LogP contribution is 2.39. The van der Waals surface area contributed by atoms with Crippen LogP contribution in [0.1, 0.15) is 51.9 Å². The van der Waals surface area contributed by atoms with Crippen LogP contribution in [0.3, 0.4) is 0 Å². The van der Waals surface area contributed by atoms with E-state index in [0.717, 1.165) is 31.5 Å². The lowest BCUT2D eigenvalue weighted by molar-refractivity contribution is -0.129. The highest BCUT2D eigenvalue weighted by atomic mass is 16.1. The molecule has 0 atom stereocenters. The number of likely N-dealkylation sites (tertiary alicyclic amines) is 1. The van der Waals surface area contributed by atoms with Crippen LogP contribution in [0.15, 0.2) is 12.2 Å². The van der Waals surface area contributed by atoms with Crippen LogP contribution in [0.4, 0.5) is 0 Å². The molecule has 0 N–H and O–H groups in total. The number of carbonyl (C=O) groups excluding carboxylic acids is 1. The summed E-state index contributed by atoms with van der Waals surface area (Å²) in [5.41, 5.74) is 0.908. The molecule has 0 unspecified atom stereocenters. The fourth-order valence-electron chi connectivity index (χ4n) is 3.32. The quantitative estimate of drug-likeness (QED) is 0.680. The van der Waals surface area contributed by atoms with Crippen molar-refractivity contribution in [1.82, 2.24) is 4.90 Å². The normalized spacial score (nSPS) is 24.8. The second-order valence-corrected chi connectivity index (χ2v) is 5.49. The molecule has 0 aromatic heterocycles. The summed E-state index contributed by atoms with van der Waals surface area (Å²) in [6.07, 6.45) is 7.72. The number of hydrogen-bond donors (Lipinski definition) is 0. The van der Waals surface area contributed by atoms with Gasteiger partial charge in [-0.05, 0) is 45.7 Å². The number of rotatable bonds is 4. The molecule has 0 radical (unpaired) electrons. The molecule has 1 saturated heterocycles. The zero-order chi connectivity index (χ0) is 11.6. The summed E-state index contributed by atoms with van der Waals surface area (Å²) in [7, 11) is 0. The van der Waals surface area contributed by atoms with Crippen molar-refractivity contribution in [2.75, 3.05) is 13.1 Å². The molecule has 2 aliphatic rings. The van der Waals surface area contributed by atoms with Gasteiger partial charge in [-0.15, -0.1) is 0 Å². The van der Waals surface area contributed by atoms with E-state index in [0.29, 0.717) is 12.2 Å². The minimum absolute atomic E-state index is 0.102. The molecule has 0 aromatic carbocycles. The van der Waals surface area contributed by atoms with Crippen LogP contribution in [-0.2, 0) is 4.79 Å². The fraction of sp³-hybridized carbons (Fsp3) is 0.786. The van der Waals surface area contributed by atoms with Crippen molar-refractivity contribution in [3.8, 4) is 0 Å². The third-order valence-corrected chi connectivity index (χ3v) is 4.12. The summed E-state index contributed by atoms with van der Waals surface area (Å²) < 4.78 is 0. The summed E-state index contributed by atoms with van der Waals surface area (Å²) in [5.74, 6) is 0.430. The lowest BCUT2D eigenvalue weighted by atomic mass is 9.87. The van der Waals surface area contributed by atoms with Crippen molar-refractivity contribution < 1.29 is 4.79 Å². The molecule has 2 fully saturated rings. The zero-order valence-corrected chi connectivity index (χ0v) is 10.4. The SMILES string of the molecule is C=C(C)CC(=O)C1(N2CCCC2)CCCC1. The number of Topliss-reactive ketones (excluding diaryl/α,β-unsaturated/α-hetero) is 1. The monoisotopic (exact) mass is 221 g/mol. The maximum atomic E-state index is 12.5. The van der Waals surface area contributed by atoms with Gasteiger partial charge in [-0.2, -0.15) is 0 Å².